The van der Waals surface area contributed by atoms with E-state index < -0.39 is 15.3 Å². The quantitative estimate of drug-likeness (QED) is 0.279. The van der Waals surface area contributed by atoms with Gasteiger partial charge in [0.2, 0.25) is 0 Å². The second-order valence-corrected chi connectivity index (χ2v) is 4.64. The van der Waals surface area contributed by atoms with Gasteiger partial charge in [-0.25, -0.2) is 4.79 Å². The first kappa shape index (κ1) is 15.3. The number of methoxy groups -OCH3 is 1. The van der Waals surface area contributed by atoms with Crippen LogP contribution >= 0.6 is 0 Å². The van der Waals surface area contributed by atoms with Crippen LogP contribution in [0.1, 0.15) is 20.8 Å². The normalized spacial score (nSPS) is 12.6. The lowest BCUT2D eigenvalue weighted by atomic mass is 10.4. The van der Waals surface area contributed by atoms with E-state index in [4.69, 9.17) is 18.3 Å². The summed E-state index contributed by atoms with van der Waals surface area (Å²) in [5.41, 5.74) is 0.359. The molecule has 0 aromatic heterocycles. The molecule has 0 heterocycles. The van der Waals surface area contributed by atoms with E-state index in [0.29, 0.717) is 12.2 Å². The van der Waals surface area contributed by atoms with Crippen LogP contribution in [0.5, 0.6) is 0 Å². The van der Waals surface area contributed by atoms with Gasteiger partial charge in [-0.15, -0.1) is 0 Å². The van der Waals surface area contributed by atoms with Crippen molar-refractivity contribution in [3.05, 3.63) is 12.2 Å². The molecule has 0 bridgehead atoms. The molecule has 0 aliphatic carbocycles. The van der Waals surface area contributed by atoms with E-state index in [-0.39, 0.29) is 12.5 Å². The Morgan fingerprint density at radius 1 is 1.50 bits per heavy atom. The molecule has 0 spiro atoms. The molecule has 1 unspecified atom stereocenters. The zero-order valence-electron chi connectivity index (χ0n) is 10.2. The molecule has 0 aromatic carbocycles. The van der Waals surface area contributed by atoms with Crippen molar-refractivity contribution in [3.8, 4) is 0 Å². The van der Waals surface area contributed by atoms with Crippen molar-refractivity contribution in [2.24, 2.45) is 0 Å². The summed E-state index contributed by atoms with van der Waals surface area (Å²) in [6.45, 7) is 9.19. The fourth-order valence-corrected chi connectivity index (χ4v) is 2.01. The highest BCUT2D eigenvalue weighted by atomic mass is 28.3. The highest BCUT2D eigenvalue weighted by Gasteiger charge is 2.21. The molecule has 6 heteroatoms. The number of rotatable bonds is 8. The predicted octanol–water partition coefficient (Wildman–Crippen LogP) is 1.18. The van der Waals surface area contributed by atoms with E-state index in [0.717, 1.165) is 0 Å². The van der Waals surface area contributed by atoms with E-state index >= 15 is 0 Å². The molecule has 0 saturated carbocycles. The second kappa shape index (κ2) is 8.46. The highest BCUT2D eigenvalue weighted by molar-refractivity contribution is 6.44. The fraction of sp³-hybridized carbons (Fsp3) is 0.700. The molecule has 0 aromatic rings. The summed E-state index contributed by atoms with van der Waals surface area (Å²) in [6.07, 6.45) is -0.248. The largest absolute Gasteiger partial charge is 0.461 e. The molecule has 0 aliphatic rings. The third kappa shape index (κ3) is 6.73. The van der Waals surface area contributed by atoms with E-state index in [1.807, 2.05) is 6.92 Å². The Balaban J connectivity index is 4.02. The van der Waals surface area contributed by atoms with Crippen LogP contribution in [0.2, 0.25) is 0 Å². The summed E-state index contributed by atoms with van der Waals surface area (Å²) < 4.78 is 20.7. The molecule has 0 N–H and O–H groups in total. The Kier molecular flexibility index (Phi) is 8.09. The van der Waals surface area contributed by atoms with Gasteiger partial charge >= 0.3 is 15.3 Å². The van der Waals surface area contributed by atoms with E-state index in [1.165, 1.54) is 7.11 Å². The maximum Gasteiger partial charge on any atom is 0.428 e. The van der Waals surface area contributed by atoms with Gasteiger partial charge in [0.25, 0.3) is 0 Å². The molecule has 1 radical (unpaired) electrons. The summed E-state index contributed by atoms with van der Waals surface area (Å²) in [4.78, 5) is 11.2. The average molecular weight is 247 g/mol. The number of hydrogen-bond acceptors (Lipinski definition) is 5. The Bertz CT molecular complexity index is 231. The molecular weight excluding hydrogens is 228 g/mol. The standard InChI is InChI=1S/C10H19O5Si/c1-6-14-16(15-9(4)12-5)7-13-10(11)8(2)3/h9H,2,6-7H2,1,3-5H3. The van der Waals surface area contributed by atoms with Gasteiger partial charge in [0.1, 0.15) is 12.5 Å². The zero-order valence-corrected chi connectivity index (χ0v) is 11.2. The lowest BCUT2D eigenvalue weighted by Gasteiger charge is -2.18. The van der Waals surface area contributed by atoms with E-state index in [1.54, 1.807) is 13.8 Å². The predicted molar refractivity (Wildman–Crippen MR) is 60.7 cm³/mol. The number of esters is 1. The minimum absolute atomic E-state index is 0.123. The van der Waals surface area contributed by atoms with Crippen molar-refractivity contribution in [2.75, 3.05) is 19.9 Å². The van der Waals surface area contributed by atoms with Gasteiger partial charge in [0, 0.05) is 19.3 Å². The molecule has 93 valence electrons. The van der Waals surface area contributed by atoms with Crippen molar-refractivity contribution in [3.63, 3.8) is 0 Å². The van der Waals surface area contributed by atoms with Crippen molar-refractivity contribution in [1.29, 1.82) is 0 Å². The first-order chi connectivity index (χ1) is 7.51. The van der Waals surface area contributed by atoms with Gasteiger partial charge in [-0.1, -0.05) is 6.58 Å². The summed E-state index contributed by atoms with van der Waals surface area (Å²) >= 11 is 0. The average Bonchev–Trinajstić information content (AvgIpc) is 2.25. The van der Waals surface area contributed by atoms with Gasteiger partial charge < -0.3 is 18.3 Å². The Morgan fingerprint density at radius 2 is 2.12 bits per heavy atom. The molecule has 0 rings (SSSR count). The first-order valence-electron chi connectivity index (χ1n) is 5.02. The molecule has 0 aliphatic heterocycles. The van der Waals surface area contributed by atoms with Gasteiger partial charge in [0.15, 0.2) is 0 Å². The van der Waals surface area contributed by atoms with Crippen LogP contribution in [0.3, 0.4) is 0 Å². The number of ether oxygens (including phenoxy) is 2. The number of hydrogen-bond donors (Lipinski definition) is 0. The van der Waals surface area contributed by atoms with Gasteiger partial charge in [-0.3, -0.25) is 0 Å². The maximum atomic E-state index is 11.2. The summed E-state index contributed by atoms with van der Waals surface area (Å²) in [7, 11) is -0.106. The van der Waals surface area contributed by atoms with Gasteiger partial charge in [-0.05, 0) is 20.8 Å². The minimum atomic E-state index is -1.64. The maximum absolute atomic E-state index is 11.2. The third-order valence-electron chi connectivity index (χ3n) is 1.60. The lowest BCUT2D eigenvalue weighted by Crippen LogP contribution is -2.34. The van der Waals surface area contributed by atoms with Crippen molar-refractivity contribution < 1.29 is 23.1 Å². The van der Waals surface area contributed by atoms with Crippen LogP contribution in [-0.2, 0) is 23.1 Å². The lowest BCUT2D eigenvalue weighted by molar-refractivity contribution is -0.138. The van der Waals surface area contributed by atoms with Gasteiger partial charge in [-0.2, -0.15) is 0 Å². The summed E-state index contributed by atoms with van der Waals surface area (Å²) in [5, 5.41) is 0. The second-order valence-electron chi connectivity index (χ2n) is 3.08. The molecular formula is C10H19O5Si. The van der Waals surface area contributed by atoms with Crippen LogP contribution in [-0.4, -0.2) is 41.5 Å². The Morgan fingerprint density at radius 3 is 2.56 bits per heavy atom. The van der Waals surface area contributed by atoms with Crippen LogP contribution in [0.25, 0.3) is 0 Å². The van der Waals surface area contributed by atoms with Crippen LogP contribution in [0.15, 0.2) is 12.2 Å². The molecule has 0 saturated heterocycles. The van der Waals surface area contributed by atoms with E-state index in [9.17, 15) is 4.79 Å². The summed E-state index contributed by atoms with van der Waals surface area (Å²) in [5.74, 6) is -0.434. The Labute approximate surface area is 98.2 Å². The molecule has 0 amide bonds. The number of carbonyl (C=O) groups excluding carboxylic acids is 1. The molecule has 5 nitrogen and oxygen atoms in total. The SMILES string of the molecule is C=C(C)C(=O)OC[Si](OCC)OC(C)OC. The van der Waals surface area contributed by atoms with E-state index in [2.05, 4.69) is 6.58 Å². The Hall–Kier alpha value is -0.693. The fourth-order valence-electron chi connectivity index (χ4n) is 0.752. The number of carbonyl (C=O) groups is 1. The van der Waals surface area contributed by atoms with Gasteiger partial charge in [0.05, 0.1) is 0 Å². The topological polar surface area (TPSA) is 54.0 Å². The van der Waals surface area contributed by atoms with Crippen molar-refractivity contribution >= 4 is 15.3 Å². The molecule has 0 fully saturated rings. The van der Waals surface area contributed by atoms with Crippen LogP contribution in [0, 0.1) is 0 Å². The van der Waals surface area contributed by atoms with Crippen molar-refractivity contribution in [2.45, 2.75) is 27.1 Å². The van der Waals surface area contributed by atoms with Crippen LogP contribution in [0.4, 0.5) is 0 Å². The third-order valence-corrected chi connectivity index (χ3v) is 3.19. The molecule has 16 heavy (non-hydrogen) atoms. The summed E-state index contributed by atoms with van der Waals surface area (Å²) in [6, 6.07) is 0. The van der Waals surface area contributed by atoms with Crippen molar-refractivity contribution in [1.82, 2.24) is 0 Å². The minimum Gasteiger partial charge on any atom is -0.461 e. The highest BCUT2D eigenvalue weighted by Crippen LogP contribution is 2.00. The monoisotopic (exact) mass is 247 g/mol. The van der Waals surface area contributed by atoms with Crippen LogP contribution < -0.4 is 0 Å². The first-order valence-corrected chi connectivity index (χ1v) is 6.54. The smallest absolute Gasteiger partial charge is 0.428 e. The zero-order chi connectivity index (χ0) is 12.6. The molecule has 1 atom stereocenters.